The van der Waals surface area contributed by atoms with Crippen molar-refractivity contribution in [2.75, 3.05) is 0 Å². The van der Waals surface area contributed by atoms with E-state index in [0.717, 1.165) is 0 Å². The van der Waals surface area contributed by atoms with Crippen molar-refractivity contribution in [3.63, 3.8) is 0 Å². The van der Waals surface area contributed by atoms with Gasteiger partial charge in [0.1, 0.15) is 0 Å². The van der Waals surface area contributed by atoms with Gasteiger partial charge in [0.25, 0.3) is 0 Å². The van der Waals surface area contributed by atoms with Crippen LogP contribution in [-0.4, -0.2) is 0 Å². The molecule has 90 valence electrons. The second kappa shape index (κ2) is 9.48. The summed E-state index contributed by atoms with van der Waals surface area (Å²) in [5, 5.41) is 0. The number of hydrogen-bond donors (Lipinski definition) is 0. The molecule has 0 saturated carbocycles. The average Bonchev–Trinajstić information content (AvgIpc) is 2.37. The molecule has 0 amide bonds. The molecule has 0 heteroatoms. The standard InChI is InChI=1S/C13H16.C4H6/c1-4-6-12(5-2)13-9-7-11(3)8-10-13;1-3-4-2/h4-10H,1-3H3;1-2H3/b6-4-,12-5+;. The van der Waals surface area contributed by atoms with Crippen molar-refractivity contribution in [2.24, 2.45) is 0 Å². The molecule has 0 nitrogen and oxygen atoms in total. The van der Waals surface area contributed by atoms with Crippen molar-refractivity contribution in [3.8, 4) is 11.8 Å². The van der Waals surface area contributed by atoms with Gasteiger partial charge in [0.2, 0.25) is 0 Å². The Hall–Kier alpha value is -1.74. The van der Waals surface area contributed by atoms with E-state index in [1.165, 1.54) is 16.7 Å². The van der Waals surface area contributed by atoms with Crippen LogP contribution in [0.2, 0.25) is 0 Å². The maximum Gasteiger partial charge on any atom is -0.00271 e. The number of allylic oxidation sites excluding steroid dienone is 4. The molecule has 0 aliphatic carbocycles. The van der Waals surface area contributed by atoms with Gasteiger partial charge in [-0.05, 0) is 45.8 Å². The molecule has 0 bridgehead atoms. The van der Waals surface area contributed by atoms with Crippen LogP contribution in [0.5, 0.6) is 0 Å². The fraction of sp³-hybridized carbons (Fsp3) is 0.294. The van der Waals surface area contributed by atoms with Gasteiger partial charge in [-0.2, -0.15) is 0 Å². The Morgan fingerprint density at radius 3 is 1.88 bits per heavy atom. The molecule has 0 fully saturated rings. The van der Waals surface area contributed by atoms with Crippen LogP contribution in [0.15, 0.2) is 42.5 Å². The summed E-state index contributed by atoms with van der Waals surface area (Å²) in [6.07, 6.45) is 6.32. The number of benzene rings is 1. The topological polar surface area (TPSA) is 0 Å². The van der Waals surface area contributed by atoms with E-state index in [0.29, 0.717) is 0 Å². The monoisotopic (exact) mass is 226 g/mol. The van der Waals surface area contributed by atoms with E-state index in [-0.39, 0.29) is 0 Å². The van der Waals surface area contributed by atoms with Crippen molar-refractivity contribution in [2.45, 2.75) is 34.6 Å². The summed E-state index contributed by atoms with van der Waals surface area (Å²) in [6, 6.07) is 8.60. The first kappa shape index (κ1) is 15.3. The summed E-state index contributed by atoms with van der Waals surface area (Å²) in [4.78, 5) is 0. The molecule has 1 aromatic rings. The van der Waals surface area contributed by atoms with E-state index in [1.807, 2.05) is 20.8 Å². The Morgan fingerprint density at radius 1 is 1.00 bits per heavy atom. The van der Waals surface area contributed by atoms with E-state index in [9.17, 15) is 0 Å². The van der Waals surface area contributed by atoms with Gasteiger partial charge in [0, 0.05) is 0 Å². The lowest BCUT2D eigenvalue weighted by Crippen LogP contribution is -1.80. The van der Waals surface area contributed by atoms with E-state index in [1.54, 1.807) is 0 Å². The summed E-state index contributed by atoms with van der Waals surface area (Å²) in [6.45, 7) is 9.85. The largest absolute Gasteiger partial charge is 0.107 e. The molecule has 0 atom stereocenters. The van der Waals surface area contributed by atoms with Crippen molar-refractivity contribution in [3.05, 3.63) is 53.6 Å². The Morgan fingerprint density at radius 2 is 1.53 bits per heavy atom. The fourth-order valence-corrected chi connectivity index (χ4v) is 1.28. The molecular weight excluding hydrogens is 204 g/mol. The maximum absolute atomic E-state index is 2.68. The van der Waals surface area contributed by atoms with Gasteiger partial charge in [-0.25, -0.2) is 0 Å². The van der Waals surface area contributed by atoms with E-state index in [4.69, 9.17) is 0 Å². The van der Waals surface area contributed by atoms with E-state index < -0.39 is 0 Å². The quantitative estimate of drug-likeness (QED) is 0.491. The lowest BCUT2D eigenvalue weighted by Gasteiger charge is -2.01. The third kappa shape index (κ3) is 6.43. The Bertz CT molecular complexity index is 413. The minimum atomic E-state index is 1.28. The van der Waals surface area contributed by atoms with E-state index in [2.05, 4.69) is 68.2 Å². The molecule has 17 heavy (non-hydrogen) atoms. The predicted molar refractivity (Wildman–Crippen MR) is 78.8 cm³/mol. The SMILES string of the molecule is C/C=C\C(=C/C)c1ccc(C)cc1.CC#CC. The van der Waals surface area contributed by atoms with Gasteiger partial charge >= 0.3 is 0 Å². The van der Waals surface area contributed by atoms with Crippen LogP contribution < -0.4 is 0 Å². The highest BCUT2D eigenvalue weighted by molar-refractivity contribution is 5.73. The summed E-state index contributed by atoms with van der Waals surface area (Å²) in [7, 11) is 0. The highest BCUT2D eigenvalue weighted by atomic mass is 14.0. The van der Waals surface area contributed by atoms with Gasteiger partial charge in [-0.1, -0.05) is 48.1 Å². The number of hydrogen-bond acceptors (Lipinski definition) is 0. The number of aryl methyl sites for hydroxylation is 1. The lowest BCUT2D eigenvalue weighted by atomic mass is 10.0. The molecule has 0 spiro atoms. The molecule has 0 unspecified atom stereocenters. The predicted octanol–water partition coefficient (Wildman–Crippen LogP) is 5.00. The molecule has 0 aliphatic rings. The minimum Gasteiger partial charge on any atom is -0.107 e. The molecule has 0 aromatic heterocycles. The summed E-state index contributed by atoms with van der Waals surface area (Å²) in [5.74, 6) is 5.36. The van der Waals surface area contributed by atoms with Gasteiger partial charge in [0.05, 0.1) is 0 Å². The highest BCUT2D eigenvalue weighted by Crippen LogP contribution is 2.16. The second-order valence-corrected chi connectivity index (χ2v) is 3.61. The third-order valence-electron chi connectivity index (χ3n) is 2.29. The van der Waals surface area contributed by atoms with Crippen LogP contribution in [0.4, 0.5) is 0 Å². The van der Waals surface area contributed by atoms with Crippen molar-refractivity contribution in [1.82, 2.24) is 0 Å². The Balaban J connectivity index is 0.000000557. The van der Waals surface area contributed by atoms with Gasteiger partial charge in [-0.3, -0.25) is 0 Å². The zero-order chi connectivity index (χ0) is 13.1. The maximum atomic E-state index is 2.68. The Kier molecular flexibility index (Phi) is 8.51. The summed E-state index contributed by atoms with van der Waals surface area (Å²) < 4.78 is 0. The summed E-state index contributed by atoms with van der Waals surface area (Å²) >= 11 is 0. The van der Waals surface area contributed by atoms with Crippen LogP contribution in [0.3, 0.4) is 0 Å². The molecule has 1 rings (SSSR count). The second-order valence-electron chi connectivity index (χ2n) is 3.61. The van der Waals surface area contributed by atoms with Crippen LogP contribution in [0.1, 0.15) is 38.8 Å². The average molecular weight is 226 g/mol. The fourth-order valence-electron chi connectivity index (χ4n) is 1.28. The minimum absolute atomic E-state index is 1.28. The zero-order valence-electron chi connectivity index (χ0n) is 11.5. The van der Waals surface area contributed by atoms with Crippen LogP contribution in [0, 0.1) is 18.8 Å². The summed E-state index contributed by atoms with van der Waals surface area (Å²) in [5.41, 5.74) is 3.87. The molecule has 1 aromatic carbocycles. The van der Waals surface area contributed by atoms with Crippen LogP contribution in [0.25, 0.3) is 5.57 Å². The van der Waals surface area contributed by atoms with Gasteiger partial charge in [0.15, 0.2) is 0 Å². The van der Waals surface area contributed by atoms with Crippen LogP contribution in [-0.2, 0) is 0 Å². The first-order chi connectivity index (χ1) is 8.19. The lowest BCUT2D eigenvalue weighted by molar-refractivity contribution is 1.45. The molecule has 0 aliphatic heterocycles. The first-order valence-electron chi connectivity index (χ1n) is 5.89. The molecule has 0 heterocycles. The first-order valence-corrected chi connectivity index (χ1v) is 5.89. The molecule has 0 saturated heterocycles. The van der Waals surface area contributed by atoms with Crippen LogP contribution >= 0.6 is 0 Å². The Labute approximate surface area is 106 Å². The molecular formula is C17H22. The van der Waals surface area contributed by atoms with Crippen molar-refractivity contribution < 1.29 is 0 Å². The van der Waals surface area contributed by atoms with Gasteiger partial charge < -0.3 is 0 Å². The van der Waals surface area contributed by atoms with Crippen molar-refractivity contribution in [1.29, 1.82) is 0 Å². The highest BCUT2D eigenvalue weighted by Gasteiger charge is 1.94. The number of rotatable bonds is 2. The zero-order valence-corrected chi connectivity index (χ0v) is 11.5. The molecule has 0 radical (unpaired) electrons. The third-order valence-corrected chi connectivity index (χ3v) is 2.29. The van der Waals surface area contributed by atoms with E-state index >= 15 is 0 Å². The van der Waals surface area contributed by atoms with Gasteiger partial charge in [-0.15, -0.1) is 11.8 Å². The smallest absolute Gasteiger partial charge is 0.00271 e. The van der Waals surface area contributed by atoms with Crippen molar-refractivity contribution >= 4 is 5.57 Å². The normalized spacial score (nSPS) is 10.3. The molecule has 0 N–H and O–H groups in total.